The lowest BCUT2D eigenvalue weighted by Gasteiger charge is -2.34. The second-order valence-electron chi connectivity index (χ2n) is 7.43. The molecule has 1 aromatic carbocycles. The number of carbonyl (C=O) groups excluding carboxylic acids is 3. The minimum atomic E-state index is -0.801. The molecule has 2 aromatic rings. The molecule has 3 amide bonds. The van der Waals surface area contributed by atoms with Crippen molar-refractivity contribution in [3.8, 4) is 0 Å². The van der Waals surface area contributed by atoms with Gasteiger partial charge in [0.05, 0.1) is 5.69 Å². The molecule has 2 heterocycles. The largest absolute Gasteiger partial charge is 0.344 e. The van der Waals surface area contributed by atoms with Crippen molar-refractivity contribution in [2.75, 3.05) is 5.32 Å². The van der Waals surface area contributed by atoms with Crippen LogP contribution in [0.3, 0.4) is 0 Å². The molecule has 154 valence electrons. The van der Waals surface area contributed by atoms with Crippen molar-refractivity contribution < 1.29 is 14.4 Å². The first-order chi connectivity index (χ1) is 13.8. The Bertz CT molecular complexity index is 893. The van der Waals surface area contributed by atoms with Gasteiger partial charge in [0, 0.05) is 25.1 Å². The lowest BCUT2D eigenvalue weighted by Crippen LogP contribution is -2.55. The molecule has 9 nitrogen and oxygen atoms in total. The monoisotopic (exact) mass is 398 g/mol. The Morgan fingerprint density at radius 3 is 2.66 bits per heavy atom. The smallest absolute Gasteiger partial charge is 0.314 e. The number of aromatic nitrogens is 2. The zero-order valence-corrected chi connectivity index (χ0v) is 16.7. The van der Waals surface area contributed by atoms with E-state index in [0.717, 1.165) is 5.56 Å². The highest BCUT2D eigenvalue weighted by Crippen LogP contribution is 2.19. The van der Waals surface area contributed by atoms with Crippen LogP contribution in [0.15, 0.2) is 36.4 Å². The molecule has 1 aliphatic rings. The van der Waals surface area contributed by atoms with Crippen LogP contribution in [0.2, 0.25) is 0 Å². The van der Waals surface area contributed by atoms with E-state index < -0.39 is 18.1 Å². The molecule has 1 saturated heterocycles. The van der Waals surface area contributed by atoms with Gasteiger partial charge >= 0.3 is 11.8 Å². The van der Waals surface area contributed by atoms with Crippen molar-refractivity contribution in [3.63, 3.8) is 0 Å². The Morgan fingerprint density at radius 2 is 1.97 bits per heavy atom. The van der Waals surface area contributed by atoms with Crippen LogP contribution in [0.5, 0.6) is 0 Å². The molecule has 2 atom stereocenters. The maximum atomic E-state index is 12.3. The van der Waals surface area contributed by atoms with Gasteiger partial charge in [-0.15, -0.1) is 0 Å². The van der Waals surface area contributed by atoms with E-state index in [-0.39, 0.29) is 24.4 Å². The normalized spacial score (nSPS) is 19.0. The van der Waals surface area contributed by atoms with Gasteiger partial charge in [-0.25, -0.2) is 4.68 Å². The van der Waals surface area contributed by atoms with Crippen molar-refractivity contribution in [1.82, 2.24) is 25.7 Å². The van der Waals surface area contributed by atoms with Gasteiger partial charge < -0.3 is 16.0 Å². The SMILES string of the molecule is Cc1cc(NC(=O)C(=O)NCc2ccccc2)n(C2NC(=O)CC(C(C)C)N2)n1. The van der Waals surface area contributed by atoms with Gasteiger partial charge in [0.2, 0.25) is 5.91 Å². The molecule has 1 aromatic heterocycles. The summed E-state index contributed by atoms with van der Waals surface area (Å²) >= 11 is 0. The van der Waals surface area contributed by atoms with E-state index in [2.05, 4.69) is 26.4 Å². The van der Waals surface area contributed by atoms with Crippen LogP contribution in [0.25, 0.3) is 0 Å². The molecule has 1 fully saturated rings. The van der Waals surface area contributed by atoms with Crippen LogP contribution < -0.4 is 21.3 Å². The molecule has 1 aliphatic heterocycles. The Morgan fingerprint density at radius 1 is 1.24 bits per heavy atom. The van der Waals surface area contributed by atoms with Gasteiger partial charge in [-0.1, -0.05) is 44.2 Å². The number of nitrogens with zero attached hydrogens (tertiary/aromatic N) is 2. The van der Waals surface area contributed by atoms with Crippen molar-refractivity contribution in [1.29, 1.82) is 0 Å². The second kappa shape index (κ2) is 8.87. The minimum absolute atomic E-state index is 0.0176. The summed E-state index contributed by atoms with van der Waals surface area (Å²) in [5.74, 6) is -1.07. The van der Waals surface area contributed by atoms with Crippen LogP contribution >= 0.6 is 0 Å². The summed E-state index contributed by atoms with van der Waals surface area (Å²) in [6, 6.07) is 10.9. The van der Waals surface area contributed by atoms with Crippen LogP contribution in [-0.4, -0.2) is 33.5 Å². The summed E-state index contributed by atoms with van der Waals surface area (Å²) in [5.41, 5.74) is 1.54. The summed E-state index contributed by atoms with van der Waals surface area (Å²) < 4.78 is 1.48. The van der Waals surface area contributed by atoms with Gasteiger partial charge in [-0.05, 0) is 18.4 Å². The third-order valence-electron chi connectivity index (χ3n) is 4.73. The molecule has 0 aliphatic carbocycles. The number of nitrogens with one attached hydrogen (secondary N) is 4. The molecule has 0 saturated carbocycles. The summed E-state index contributed by atoms with van der Waals surface area (Å²) in [6.45, 7) is 6.08. The molecule has 9 heteroatoms. The minimum Gasteiger partial charge on any atom is -0.344 e. The molecule has 4 N–H and O–H groups in total. The number of carbonyl (C=O) groups is 3. The van der Waals surface area contributed by atoms with Crippen LogP contribution in [-0.2, 0) is 20.9 Å². The predicted molar refractivity (Wildman–Crippen MR) is 107 cm³/mol. The van der Waals surface area contributed by atoms with Crippen molar-refractivity contribution in [2.24, 2.45) is 5.92 Å². The van der Waals surface area contributed by atoms with Crippen LogP contribution in [0, 0.1) is 12.8 Å². The molecule has 0 spiro atoms. The highest BCUT2D eigenvalue weighted by atomic mass is 16.2. The number of benzene rings is 1. The topological polar surface area (TPSA) is 117 Å². The highest BCUT2D eigenvalue weighted by molar-refractivity contribution is 6.39. The lowest BCUT2D eigenvalue weighted by atomic mass is 9.99. The first kappa shape index (κ1) is 20.5. The van der Waals surface area contributed by atoms with Gasteiger partial charge in [0.15, 0.2) is 6.29 Å². The Balaban J connectivity index is 1.67. The van der Waals surface area contributed by atoms with Crippen molar-refractivity contribution in [3.05, 3.63) is 47.7 Å². The molecule has 3 rings (SSSR count). The first-order valence-corrected chi connectivity index (χ1v) is 9.58. The number of aryl methyl sites for hydroxylation is 1. The molecule has 0 radical (unpaired) electrons. The standard InChI is InChI=1S/C20H26N6O3/c1-12(2)15-10-17(27)24-20(22-15)26-16(9-13(3)25-26)23-19(29)18(28)21-11-14-7-5-4-6-8-14/h4-9,12,15,20,22H,10-11H2,1-3H3,(H,21,28)(H,23,29)(H,24,27). The van der Waals surface area contributed by atoms with Gasteiger partial charge in [0.1, 0.15) is 5.82 Å². The third-order valence-corrected chi connectivity index (χ3v) is 4.73. The Kier molecular flexibility index (Phi) is 6.28. The van der Waals surface area contributed by atoms with E-state index in [1.807, 2.05) is 44.2 Å². The molecule has 0 bridgehead atoms. The Hall–Kier alpha value is -3.20. The fourth-order valence-electron chi connectivity index (χ4n) is 3.11. The molecular weight excluding hydrogens is 372 g/mol. The summed E-state index contributed by atoms with van der Waals surface area (Å²) in [4.78, 5) is 36.6. The second-order valence-corrected chi connectivity index (χ2v) is 7.43. The average Bonchev–Trinajstić information content (AvgIpc) is 3.06. The quantitative estimate of drug-likeness (QED) is 0.562. The van der Waals surface area contributed by atoms with E-state index in [4.69, 9.17) is 0 Å². The van der Waals surface area contributed by atoms with Crippen molar-refractivity contribution >= 4 is 23.5 Å². The lowest BCUT2D eigenvalue weighted by molar-refractivity contribution is -0.136. The first-order valence-electron chi connectivity index (χ1n) is 9.58. The van der Waals surface area contributed by atoms with Gasteiger partial charge in [-0.3, -0.25) is 19.7 Å². The van der Waals surface area contributed by atoms with E-state index in [1.165, 1.54) is 4.68 Å². The number of amides is 3. The average molecular weight is 398 g/mol. The fraction of sp³-hybridized carbons (Fsp3) is 0.400. The van der Waals surface area contributed by atoms with E-state index in [0.29, 0.717) is 17.9 Å². The number of hydrogen-bond acceptors (Lipinski definition) is 5. The van der Waals surface area contributed by atoms with Gasteiger partial charge in [-0.2, -0.15) is 5.10 Å². The zero-order chi connectivity index (χ0) is 21.0. The number of anilines is 1. The maximum absolute atomic E-state index is 12.3. The molecule has 2 unspecified atom stereocenters. The number of rotatable bonds is 5. The maximum Gasteiger partial charge on any atom is 0.314 e. The zero-order valence-electron chi connectivity index (χ0n) is 16.7. The van der Waals surface area contributed by atoms with Crippen LogP contribution in [0.4, 0.5) is 5.82 Å². The third kappa shape index (κ3) is 5.20. The van der Waals surface area contributed by atoms with E-state index in [1.54, 1.807) is 13.0 Å². The van der Waals surface area contributed by atoms with Crippen molar-refractivity contribution in [2.45, 2.75) is 46.1 Å². The number of hydrogen-bond donors (Lipinski definition) is 4. The predicted octanol–water partition coefficient (Wildman–Crippen LogP) is 1.04. The van der Waals surface area contributed by atoms with E-state index >= 15 is 0 Å². The highest BCUT2D eigenvalue weighted by Gasteiger charge is 2.30. The van der Waals surface area contributed by atoms with Gasteiger partial charge in [0.25, 0.3) is 0 Å². The summed E-state index contributed by atoms with van der Waals surface area (Å²) in [7, 11) is 0. The molecule has 29 heavy (non-hydrogen) atoms. The molecular formula is C20H26N6O3. The van der Waals surface area contributed by atoms with Crippen LogP contribution in [0.1, 0.15) is 37.8 Å². The summed E-state index contributed by atoms with van der Waals surface area (Å²) in [5, 5.41) is 15.7. The Labute approximate surface area is 169 Å². The summed E-state index contributed by atoms with van der Waals surface area (Å²) in [6.07, 6.45) is -0.238. The fourth-order valence-corrected chi connectivity index (χ4v) is 3.11. The van der Waals surface area contributed by atoms with E-state index in [9.17, 15) is 14.4 Å².